The van der Waals surface area contributed by atoms with Gasteiger partial charge in [0, 0.05) is 18.2 Å². The highest BCUT2D eigenvalue weighted by molar-refractivity contribution is 7.13. The van der Waals surface area contributed by atoms with Gasteiger partial charge >= 0.3 is 0 Å². The molecule has 0 fully saturated rings. The lowest BCUT2D eigenvalue weighted by Crippen LogP contribution is -2.02. The van der Waals surface area contributed by atoms with Gasteiger partial charge in [0.15, 0.2) is 0 Å². The van der Waals surface area contributed by atoms with Gasteiger partial charge in [-0.05, 0) is 23.6 Å². The third-order valence-electron chi connectivity index (χ3n) is 3.36. The van der Waals surface area contributed by atoms with Crippen LogP contribution in [-0.2, 0) is 6.54 Å². The van der Waals surface area contributed by atoms with Crippen LogP contribution in [0.5, 0.6) is 11.5 Å². The van der Waals surface area contributed by atoms with Crippen molar-refractivity contribution in [1.82, 2.24) is 10.2 Å². The highest BCUT2D eigenvalue weighted by Gasteiger charge is 2.10. The van der Waals surface area contributed by atoms with Crippen LogP contribution in [0.4, 0.5) is 5.69 Å². The van der Waals surface area contributed by atoms with E-state index >= 15 is 0 Å². The van der Waals surface area contributed by atoms with Crippen molar-refractivity contribution in [3.63, 3.8) is 0 Å². The monoisotopic (exact) mass is 315 g/mol. The summed E-state index contributed by atoms with van der Waals surface area (Å²) in [5.41, 5.74) is 3.08. The topological polar surface area (TPSA) is 59.2 Å². The zero-order valence-corrected chi connectivity index (χ0v) is 13.2. The SMILES string of the molecule is COc1ccc(NCc2cn[nH]c2-c2cccs2)c(OC)c1. The standard InChI is InChI=1S/C16H17N3O2S/c1-20-12-5-6-13(14(8-12)21-2)17-9-11-10-18-19-16(11)15-4-3-7-22-15/h3-8,10,17H,9H2,1-2H3,(H,18,19). The van der Waals surface area contributed by atoms with Gasteiger partial charge in [0.2, 0.25) is 0 Å². The maximum atomic E-state index is 5.40. The second-order valence-electron chi connectivity index (χ2n) is 4.67. The first kappa shape index (κ1) is 14.5. The lowest BCUT2D eigenvalue weighted by molar-refractivity contribution is 0.395. The molecule has 0 amide bonds. The Labute approximate surface area is 132 Å². The van der Waals surface area contributed by atoms with E-state index in [0.717, 1.165) is 28.4 Å². The number of H-pyrrole nitrogens is 1. The van der Waals surface area contributed by atoms with Crippen molar-refractivity contribution in [3.05, 3.63) is 47.5 Å². The number of methoxy groups -OCH3 is 2. The third-order valence-corrected chi connectivity index (χ3v) is 4.25. The molecule has 114 valence electrons. The van der Waals surface area contributed by atoms with Crippen LogP contribution in [0.15, 0.2) is 41.9 Å². The van der Waals surface area contributed by atoms with Gasteiger partial charge in [-0.2, -0.15) is 5.10 Å². The molecule has 0 aliphatic heterocycles. The number of aromatic amines is 1. The average molecular weight is 315 g/mol. The molecule has 0 unspecified atom stereocenters. The van der Waals surface area contributed by atoms with Crippen molar-refractivity contribution < 1.29 is 9.47 Å². The molecule has 1 aromatic carbocycles. The fourth-order valence-corrected chi connectivity index (χ4v) is 2.97. The zero-order valence-electron chi connectivity index (χ0n) is 12.4. The molecular formula is C16H17N3O2S. The quantitative estimate of drug-likeness (QED) is 0.727. The fourth-order valence-electron chi connectivity index (χ4n) is 2.21. The molecule has 22 heavy (non-hydrogen) atoms. The molecule has 3 aromatic rings. The van der Waals surface area contributed by atoms with Gasteiger partial charge in [-0.15, -0.1) is 11.3 Å². The summed E-state index contributed by atoms with van der Waals surface area (Å²) in [6, 6.07) is 9.82. The van der Waals surface area contributed by atoms with E-state index < -0.39 is 0 Å². The first-order valence-corrected chi connectivity index (χ1v) is 7.72. The second-order valence-corrected chi connectivity index (χ2v) is 5.62. The number of hydrogen-bond acceptors (Lipinski definition) is 5. The fraction of sp³-hybridized carbons (Fsp3) is 0.188. The largest absolute Gasteiger partial charge is 0.497 e. The summed E-state index contributed by atoms with van der Waals surface area (Å²) >= 11 is 1.69. The number of rotatable bonds is 6. The summed E-state index contributed by atoms with van der Waals surface area (Å²) in [6.07, 6.45) is 1.85. The minimum atomic E-state index is 0.659. The van der Waals surface area contributed by atoms with Crippen LogP contribution in [0.2, 0.25) is 0 Å². The Hall–Kier alpha value is -2.47. The smallest absolute Gasteiger partial charge is 0.145 e. The van der Waals surface area contributed by atoms with E-state index in [1.54, 1.807) is 25.6 Å². The van der Waals surface area contributed by atoms with Crippen molar-refractivity contribution in [1.29, 1.82) is 0 Å². The molecule has 2 heterocycles. The van der Waals surface area contributed by atoms with Crippen molar-refractivity contribution in [3.8, 4) is 22.1 Å². The number of hydrogen-bond donors (Lipinski definition) is 2. The van der Waals surface area contributed by atoms with Crippen molar-refractivity contribution in [2.45, 2.75) is 6.54 Å². The molecule has 2 N–H and O–H groups in total. The van der Waals surface area contributed by atoms with Crippen molar-refractivity contribution in [2.24, 2.45) is 0 Å². The number of ether oxygens (including phenoxy) is 2. The lowest BCUT2D eigenvalue weighted by Gasteiger charge is -2.12. The van der Waals surface area contributed by atoms with E-state index in [2.05, 4.69) is 27.0 Å². The summed E-state index contributed by atoms with van der Waals surface area (Å²) in [5.74, 6) is 1.52. The molecule has 0 saturated heterocycles. The Bertz CT molecular complexity index is 738. The van der Waals surface area contributed by atoms with Gasteiger partial charge in [0.25, 0.3) is 0 Å². The van der Waals surface area contributed by atoms with Crippen LogP contribution in [0.1, 0.15) is 5.56 Å². The highest BCUT2D eigenvalue weighted by atomic mass is 32.1. The van der Waals surface area contributed by atoms with Gasteiger partial charge in [0.1, 0.15) is 11.5 Å². The average Bonchev–Trinajstić information content (AvgIpc) is 3.23. The summed E-state index contributed by atoms with van der Waals surface area (Å²) in [5, 5.41) is 12.7. The number of nitrogens with one attached hydrogen (secondary N) is 2. The zero-order chi connectivity index (χ0) is 15.4. The summed E-state index contributed by atoms with van der Waals surface area (Å²) in [7, 11) is 3.29. The van der Waals surface area contributed by atoms with E-state index in [4.69, 9.17) is 9.47 Å². The van der Waals surface area contributed by atoms with Gasteiger partial charge in [-0.3, -0.25) is 5.10 Å². The van der Waals surface area contributed by atoms with Crippen LogP contribution < -0.4 is 14.8 Å². The Kier molecular flexibility index (Phi) is 4.29. The number of thiophene rings is 1. The summed E-state index contributed by atoms with van der Waals surface area (Å²) in [4.78, 5) is 1.18. The van der Waals surface area contributed by atoms with E-state index in [-0.39, 0.29) is 0 Å². The van der Waals surface area contributed by atoms with Gasteiger partial charge < -0.3 is 14.8 Å². The maximum Gasteiger partial charge on any atom is 0.145 e. The number of nitrogens with zero attached hydrogens (tertiary/aromatic N) is 1. The van der Waals surface area contributed by atoms with Crippen LogP contribution in [0.25, 0.3) is 10.6 Å². The number of aromatic nitrogens is 2. The lowest BCUT2D eigenvalue weighted by atomic mass is 10.2. The predicted molar refractivity (Wildman–Crippen MR) is 88.8 cm³/mol. The minimum absolute atomic E-state index is 0.659. The molecule has 0 saturated carbocycles. The Morgan fingerprint density at radius 2 is 2.14 bits per heavy atom. The van der Waals surface area contributed by atoms with Crippen LogP contribution in [-0.4, -0.2) is 24.4 Å². The van der Waals surface area contributed by atoms with E-state index in [1.165, 1.54) is 4.88 Å². The first-order chi connectivity index (χ1) is 10.8. The molecule has 0 radical (unpaired) electrons. The number of benzene rings is 1. The number of anilines is 1. The Morgan fingerprint density at radius 1 is 1.23 bits per heavy atom. The van der Waals surface area contributed by atoms with E-state index in [9.17, 15) is 0 Å². The Morgan fingerprint density at radius 3 is 2.86 bits per heavy atom. The normalized spacial score (nSPS) is 10.5. The summed E-state index contributed by atoms with van der Waals surface area (Å²) < 4.78 is 10.6. The molecular weight excluding hydrogens is 298 g/mol. The van der Waals surface area contributed by atoms with Gasteiger partial charge in [-0.25, -0.2) is 0 Å². The second kappa shape index (κ2) is 6.53. The van der Waals surface area contributed by atoms with Crippen LogP contribution in [0.3, 0.4) is 0 Å². The molecule has 3 rings (SSSR count). The van der Waals surface area contributed by atoms with Gasteiger partial charge in [-0.1, -0.05) is 6.07 Å². The van der Waals surface area contributed by atoms with E-state index in [0.29, 0.717) is 6.54 Å². The van der Waals surface area contributed by atoms with Crippen LogP contribution in [0, 0.1) is 0 Å². The van der Waals surface area contributed by atoms with Crippen molar-refractivity contribution in [2.75, 3.05) is 19.5 Å². The molecule has 6 heteroatoms. The molecule has 0 bridgehead atoms. The molecule has 0 spiro atoms. The van der Waals surface area contributed by atoms with Crippen molar-refractivity contribution >= 4 is 17.0 Å². The minimum Gasteiger partial charge on any atom is -0.497 e. The Balaban J connectivity index is 1.78. The highest BCUT2D eigenvalue weighted by Crippen LogP contribution is 2.31. The molecule has 0 atom stereocenters. The molecule has 5 nitrogen and oxygen atoms in total. The van der Waals surface area contributed by atoms with Crippen LogP contribution >= 0.6 is 11.3 Å². The van der Waals surface area contributed by atoms with Gasteiger partial charge in [0.05, 0.1) is 36.7 Å². The predicted octanol–water partition coefficient (Wildman–Crippen LogP) is 3.77. The third kappa shape index (κ3) is 2.92. The molecule has 0 aliphatic carbocycles. The first-order valence-electron chi connectivity index (χ1n) is 6.84. The summed E-state index contributed by atoms with van der Waals surface area (Å²) in [6.45, 7) is 0.659. The maximum absolute atomic E-state index is 5.40. The van der Waals surface area contributed by atoms with E-state index in [1.807, 2.05) is 30.5 Å². The molecule has 2 aromatic heterocycles. The molecule has 0 aliphatic rings.